The summed E-state index contributed by atoms with van der Waals surface area (Å²) in [6, 6.07) is 21.9. The Balaban J connectivity index is 1.51. The Morgan fingerprint density at radius 2 is 1.75 bits per heavy atom. The van der Waals surface area contributed by atoms with Crippen LogP contribution in [0, 0.1) is 5.21 Å². The molecule has 8 heteroatoms. The minimum absolute atomic E-state index is 0.0928. The van der Waals surface area contributed by atoms with Gasteiger partial charge in [-0.3, -0.25) is 4.79 Å². The molecule has 3 aromatic carbocycles. The van der Waals surface area contributed by atoms with E-state index >= 15 is 0 Å². The fraction of sp³-hybridized carbons (Fsp3) is 0.214. The van der Waals surface area contributed by atoms with Crippen LogP contribution < -0.4 is 10.1 Å². The molecule has 3 atom stereocenters. The molecule has 2 aliphatic rings. The van der Waals surface area contributed by atoms with Crippen LogP contribution in [0.4, 0.5) is 16.2 Å². The van der Waals surface area contributed by atoms with Gasteiger partial charge in [0.1, 0.15) is 0 Å². The molecular formula is C28H26N4O4. The van der Waals surface area contributed by atoms with Crippen molar-refractivity contribution in [3.05, 3.63) is 100 Å². The minimum atomic E-state index is -1.21. The summed E-state index contributed by atoms with van der Waals surface area (Å²) in [5, 5.41) is 20.5. The van der Waals surface area contributed by atoms with Crippen molar-refractivity contribution in [3.63, 3.8) is 0 Å². The highest BCUT2D eigenvalue weighted by atomic mass is 16.8. The third-order valence-corrected chi connectivity index (χ3v) is 7.69. The van der Waals surface area contributed by atoms with E-state index in [9.17, 15) is 20.0 Å². The third kappa shape index (κ3) is 3.05. The first-order chi connectivity index (χ1) is 17.3. The molecule has 0 radical (unpaired) electrons. The summed E-state index contributed by atoms with van der Waals surface area (Å²) in [6.07, 6.45) is 0.941. The molecular weight excluding hydrogens is 456 g/mol. The molecule has 3 N–H and O–H groups in total. The van der Waals surface area contributed by atoms with Gasteiger partial charge >= 0.3 is 6.03 Å². The van der Waals surface area contributed by atoms with Crippen LogP contribution in [0.1, 0.15) is 42.1 Å². The van der Waals surface area contributed by atoms with Crippen molar-refractivity contribution in [1.82, 2.24) is 9.88 Å². The fourth-order valence-corrected chi connectivity index (χ4v) is 5.66. The summed E-state index contributed by atoms with van der Waals surface area (Å²) in [7, 11) is 0. The Morgan fingerprint density at radius 3 is 2.42 bits per heavy atom. The number of hydrogen-bond donors (Lipinski definition) is 3. The first kappa shape index (κ1) is 22.5. The molecule has 1 aromatic heterocycles. The average molecular weight is 483 g/mol. The number of amides is 3. The maximum atomic E-state index is 14.0. The molecule has 182 valence electrons. The van der Waals surface area contributed by atoms with Crippen LogP contribution >= 0.6 is 0 Å². The number of carbonyl (C=O) groups excluding carboxylic acids is 2. The van der Waals surface area contributed by atoms with E-state index in [-0.39, 0.29) is 17.5 Å². The van der Waals surface area contributed by atoms with Crippen LogP contribution in [-0.4, -0.2) is 33.6 Å². The summed E-state index contributed by atoms with van der Waals surface area (Å²) in [5.41, 5.74) is 4.25. The second-order valence-electron chi connectivity index (χ2n) is 9.56. The van der Waals surface area contributed by atoms with Crippen LogP contribution in [0.5, 0.6) is 0 Å². The highest BCUT2D eigenvalue weighted by Crippen LogP contribution is 2.50. The van der Waals surface area contributed by atoms with Gasteiger partial charge in [0.2, 0.25) is 0 Å². The highest BCUT2D eigenvalue weighted by Gasteiger charge is 2.60. The van der Waals surface area contributed by atoms with Crippen LogP contribution in [0.15, 0.2) is 72.8 Å². The number of hydrogen-bond acceptors (Lipinski definition) is 4. The molecule has 3 amide bonds. The van der Waals surface area contributed by atoms with E-state index < -0.39 is 16.8 Å². The zero-order chi connectivity index (χ0) is 25.2. The number of anilines is 1. The molecule has 1 saturated heterocycles. The number of nitrogens with one attached hydrogen (secondary N) is 2. The average Bonchev–Trinajstić information content (AvgIpc) is 3.38. The van der Waals surface area contributed by atoms with E-state index in [1.165, 1.54) is 34.7 Å². The summed E-state index contributed by atoms with van der Waals surface area (Å²) >= 11 is 0. The molecule has 8 nitrogen and oxygen atoms in total. The summed E-state index contributed by atoms with van der Waals surface area (Å²) in [4.78, 5) is 34.1. The van der Waals surface area contributed by atoms with Crippen molar-refractivity contribution >= 4 is 34.2 Å². The van der Waals surface area contributed by atoms with Crippen molar-refractivity contribution in [2.24, 2.45) is 0 Å². The monoisotopic (exact) mass is 482 g/mol. The Morgan fingerprint density at radius 1 is 1.06 bits per heavy atom. The number of aromatic amines is 1. The zero-order valence-electron chi connectivity index (χ0n) is 20.0. The van der Waals surface area contributed by atoms with Crippen LogP contribution in [0.3, 0.4) is 0 Å². The van der Waals surface area contributed by atoms with Crippen LogP contribution in [0.25, 0.3) is 10.9 Å². The van der Waals surface area contributed by atoms with Gasteiger partial charge in [0, 0.05) is 35.5 Å². The number of quaternary nitrogens is 1. The molecule has 2 aliphatic heterocycles. The normalized spacial score (nSPS) is 22.2. The second kappa shape index (κ2) is 8.03. The van der Waals surface area contributed by atoms with Gasteiger partial charge < -0.3 is 15.1 Å². The number of imide groups is 1. The third-order valence-electron chi connectivity index (χ3n) is 7.69. The van der Waals surface area contributed by atoms with Gasteiger partial charge in [0.05, 0.1) is 11.4 Å². The number of carbonyl (C=O) groups is 2. The van der Waals surface area contributed by atoms with Crippen LogP contribution in [-0.2, 0) is 16.8 Å². The van der Waals surface area contributed by atoms with Gasteiger partial charge in [-0.2, -0.15) is 5.23 Å². The minimum Gasteiger partial charge on any atom is -0.595 e. The molecule has 6 rings (SSSR count). The molecule has 0 aliphatic carbocycles. The number of nitrogens with zero attached hydrogens (tertiary/aromatic N) is 2. The summed E-state index contributed by atoms with van der Waals surface area (Å²) < 4.78 is 0. The van der Waals surface area contributed by atoms with E-state index in [0.717, 1.165) is 34.1 Å². The van der Waals surface area contributed by atoms with Gasteiger partial charge in [-0.15, -0.1) is 0 Å². The lowest BCUT2D eigenvalue weighted by atomic mass is 9.78. The van der Waals surface area contributed by atoms with Gasteiger partial charge in [0.25, 0.3) is 5.91 Å². The number of rotatable bonds is 4. The van der Waals surface area contributed by atoms with Crippen LogP contribution in [0.2, 0.25) is 0 Å². The fourth-order valence-electron chi connectivity index (χ4n) is 5.66. The Bertz CT molecular complexity index is 1490. The van der Waals surface area contributed by atoms with E-state index in [1.54, 1.807) is 11.8 Å². The molecule has 3 heterocycles. The number of urea groups is 1. The SMILES string of the molecule is CCc1ccc(C2CN3C(=O)N(c4ccc([NH+]([O-])O)cc4)C(=O)[C@]3(C)c3[nH]c4ccccc4c32)cc1. The second-order valence-corrected chi connectivity index (χ2v) is 9.56. The smallest absolute Gasteiger partial charge is 0.332 e. The maximum absolute atomic E-state index is 14.0. The van der Waals surface area contributed by atoms with Crippen molar-refractivity contribution in [3.8, 4) is 0 Å². The number of aromatic nitrogens is 1. The van der Waals surface area contributed by atoms with Crippen molar-refractivity contribution < 1.29 is 20.0 Å². The molecule has 36 heavy (non-hydrogen) atoms. The quantitative estimate of drug-likeness (QED) is 0.303. The van der Waals surface area contributed by atoms with E-state index in [2.05, 4.69) is 42.2 Å². The Kier molecular flexibility index (Phi) is 5.01. The molecule has 0 spiro atoms. The predicted molar refractivity (Wildman–Crippen MR) is 135 cm³/mol. The Hall–Kier alpha value is -3.98. The van der Waals surface area contributed by atoms with E-state index in [0.29, 0.717) is 12.2 Å². The number of H-pyrrole nitrogens is 1. The largest absolute Gasteiger partial charge is 0.595 e. The van der Waals surface area contributed by atoms with Crippen molar-refractivity contribution in [1.29, 1.82) is 0 Å². The molecule has 0 saturated carbocycles. The van der Waals surface area contributed by atoms with Crippen molar-refractivity contribution in [2.75, 3.05) is 11.4 Å². The van der Waals surface area contributed by atoms with Crippen molar-refractivity contribution in [2.45, 2.75) is 31.7 Å². The lowest BCUT2D eigenvalue weighted by Gasteiger charge is -2.40. The first-order valence-corrected chi connectivity index (χ1v) is 12.0. The number of aryl methyl sites for hydroxylation is 1. The van der Waals surface area contributed by atoms with E-state index in [1.807, 2.05) is 18.2 Å². The molecule has 1 fully saturated rings. The number of benzene rings is 3. The molecule has 4 aromatic rings. The van der Waals surface area contributed by atoms with Gasteiger partial charge in [0.15, 0.2) is 11.2 Å². The lowest BCUT2D eigenvalue weighted by molar-refractivity contribution is -0.991. The summed E-state index contributed by atoms with van der Waals surface area (Å²) in [5.74, 6) is -0.468. The van der Waals surface area contributed by atoms with E-state index in [4.69, 9.17) is 0 Å². The zero-order valence-corrected chi connectivity index (χ0v) is 20.0. The molecule has 2 unspecified atom stereocenters. The topological polar surface area (TPSA) is 104 Å². The van der Waals surface area contributed by atoms with Gasteiger partial charge in [-0.1, -0.05) is 49.4 Å². The first-order valence-electron chi connectivity index (χ1n) is 12.0. The summed E-state index contributed by atoms with van der Waals surface area (Å²) in [6.45, 7) is 4.26. The number of para-hydroxylation sites is 1. The predicted octanol–water partition coefficient (Wildman–Crippen LogP) is 3.96. The maximum Gasteiger partial charge on any atom is 0.332 e. The number of fused-ring (bicyclic) bond motifs is 5. The Labute approximate surface area is 207 Å². The standard InChI is InChI=1S/C28H26N4O4/c1-3-17-8-10-18(11-9-17)22-16-30-27(34)31(19-12-14-20(15-13-19)32(35)36)26(33)28(30,2)25-24(22)21-6-4-5-7-23(21)29-25/h4-15,22,29,32,35H,3,16H2,1-2H3/t22?,28-/m0/s1. The van der Waals surface area contributed by atoms with Gasteiger partial charge in [-0.05, 0) is 48.2 Å². The lowest BCUT2D eigenvalue weighted by Crippen LogP contribution is -2.99. The van der Waals surface area contributed by atoms with Gasteiger partial charge in [-0.25, -0.2) is 14.9 Å². The highest BCUT2D eigenvalue weighted by molar-refractivity contribution is 6.23. The molecule has 0 bridgehead atoms.